The number of methoxy groups -OCH3 is 1. The van der Waals surface area contributed by atoms with E-state index in [9.17, 15) is 9.59 Å². The van der Waals surface area contributed by atoms with E-state index in [2.05, 4.69) is 0 Å². The minimum atomic E-state index is -0.965. The van der Waals surface area contributed by atoms with Crippen molar-refractivity contribution in [2.45, 2.75) is 26.2 Å². The van der Waals surface area contributed by atoms with Gasteiger partial charge in [-0.1, -0.05) is 6.92 Å². The van der Waals surface area contributed by atoms with Crippen molar-refractivity contribution in [2.75, 3.05) is 13.7 Å². The van der Waals surface area contributed by atoms with Gasteiger partial charge in [-0.25, -0.2) is 0 Å². The highest BCUT2D eigenvalue weighted by Crippen LogP contribution is 2.33. The lowest BCUT2D eigenvalue weighted by molar-refractivity contribution is -0.141. The van der Waals surface area contributed by atoms with E-state index in [0.717, 1.165) is 21.4 Å². The zero-order chi connectivity index (χ0) is 17.0. The third kappa shape index (κ3) is 4.09. The van der Waals surface area contributed by atoms with Crippen LogP contribution >= 0.6 is 11.3 Å². The molecule has 6 heteroatoms. The summed E-state index contributed by atoms with van der Waals surface area (Å²) in [5, 5.41) is 18.8. The second kappa shape index (κ2) is 7.57. The van der Waals surface area contributed by atoms with Gasteiger partial charge < -0.3 is 14.9 Å². The normalized spacial score (nSPS) is 12.3. The highest BCUT2D eigenvalue weighted by atomic mass is 32.1. The molecule has 5 nitrogen and oxygen atoms in total. The third-order valence-electron chi connectivity index (χ3n) is 3.71. The molecule has 1 aromatic heterocycles. The minimum absolute atomic E-state index is 0.00331. The van der Waals surface area contributed by atoms with E-state index in [1.54, 1.807) is 13.2 Å². The van der Waals surface area contributed by atoms with Crippen LogP contribution in [0.3, 0.4) is 0 Å². The fraction of sp³-hybridized carbons (Fsp3) is 0.412. The highest BCUT2D eigenvalue weighted by molar-refractivity contribution is 7.20. The molecule has 0 aliphatic carbocycles. The van der Waals surface area contributed by atoms with Crippen LogP contribution in [-0.2, 0) is 11.2 Å². The molecule has 1 aromatic carbocycles. The largest absolute Gasteiger partial charge is 0.496 e. The van der Waals surface area contributed by atoms with E-state index >= 15 is 0 Å². The van der Waals surface area contributed by atoms with Crippen LogP contribution in [0.4, 0.5) is 0 Å². The number of carbonyl (C=O) groups is 2. The summed E-state index contributed by atoms with van der Waals surface area (Å²) in [6.45, 7) is 1.64. The van der Waals surface area contributed by atoms with Crippen molar-refractivity contribution in [1.29, 1.82) is 0 Å². The summed E-state index contributed by atoms with van der Waals surface area (Å²) >= 11 is 1.35. The molecule has 0 aliphatic heterocycles. The number of hydrogen-bond acceptors (Lipinski definition) is 5. The number of aliphatic carboxylic acids is 1. The highest BCUT2D eigenvalue weighted by Gasteiger charge is 2.19. The lowest BCUT2D eigenvalue weighted by atomic mass is 10.0. The Kier molecular flexibility index (Phi) is 5.74. The first-order valence-corrected chi connectivity index (χ1v) is 8.25. The summed E-state index contributed by atoms with van der Waals surface area (Å²) in [4.78, 5) is 23.7. The molecule has 0 bridgehead atoms. The zero-order valence-electron chi connectivity index (χ0n) is 13.2. The van der Waals surface area contributed by atoms with E-state index in [0.29, 0.717) is 17.7 Å². The van der Waals surface area contributed by atoms with Crippen molar-refractivity contribution < 1.29 is 24.5 Å². The van der Waals surface area contributed by atoms with Gasteiger partial charge in [-0.2, -0.15) is 0 Å². The molecule has 0 unspecified atom stereocenters. The molecule has 0 saturated heterocycles. The van der Waals surface area contributed by atoms with Gasteiger partial charge in [0.05, 0.1) is 17.9 Å². The molecule has 0 aliphatic rings. The van der Waals surface area contributed by atoms with Crippen molar-refractivity contribution in [2.24, 2.45) is 5.92 Å². The van der Waals surface area contributed by atoms with Gasteiger partial charge in [-0.05, 0) is 42.0 Å². The summed E-state index contributed by atoms with van der Waals surface area (Å²) in [6, 6.07) is 5.67. The summed E-state index contributed by atoms with van der Waals surface area (Å²) in [6.07, 6.45) is 1.34. The molecular weight excluding hydrogens is 316 g/mol. The van der Waals surface area contributed by atoms with Gasteiger partial charge >= 0.3 is 5.97 Å². The lowest BCUT2D eigenvalue weighted by Crippen LogP contribution is -2.13. The van der Waals surface area contributed by atoms with Crippen LogP contribution in [0.1, 0.15) is 35.0 Å². The SMILES string of the molecule is COc1cc2sc(C(=O)C[C@H](C)C(=O)O)cc2cc1CCCO. The number of benzene rings is 1. The number of carboxylic acids is 1. The number of hydrogen-bond donors (Lipinski definition) is 2. The number of aliphatic hydroxyl groups is 1. The summed E-state index contributed by atoms with van der Waals surface area (Å²) < 4.78 is 6.31. The van der Waals surface area contributed by atoms with Gasteiger partial charge in [-0.15, -0.1) is 11.3 Å². The molecule has 2 rings (SSSR count). The van der Waals surface area contributed by atoms with E-state index in [4.69, 9.17) is 14.9 Å². The number of aryl methyl sites for hydroxylation is 1. The van der Waals surface area contributed by atoms with Crippen LogP contribution in [0.15, 0.2) is 18.2 Å². The zero-order valence-corrected chi connectivity index (χ0v) is 14.0. The molecule has 0 saturated carbocycles. The molecule has 2 N–H and O–H groups in total. The first-order chi connectivity index (χ1) is 11.0. The maximum Gasteiger partial charge on any atom is 0.306 e. The van der Waals surface area contributed by atoms with Crippen molar-refractivity contribution >= 4 is 33.2 Å². The van der Waals surface area contributed by atoms with Gasteiger partial charge in [0, 0.05) is 17.7 Å². The van der Waals surface area contributed by atoms with Crippen LogP contribution in [-0.4, -0.2) is 35.7 Å². The van der Waals surface area contributed by atoms with Crippen molar-refractivity contribution in [3.05, 3.63) is 28.6 Å². The Bertz CT molecular complexity index is 719. The number of ether oxygens (including phenoxy) is 1. The Morgan fingerprint density at radius 3 is 2.65 bits per heavy atom. The van der Waals surface area contributed by atoms with Crippen LogP contribution in [0.2, 0.25) is 0 Å². The monoisotopic (exact) mass is 336 g/mol. The summed E-state index contributed by atoms with van der Waals surface area (Å²) in [5.41, 5.74) is 0.991. The fourth-order valence-electron chi connectivity index (χ4n) is 2.37. The molecule has 1 atom stereocenters. The van der Waals surface area contributed by atoms with Gasteiger partial charge in [0.2, 0.25) is 0 Å². The van der Waals surface area contributed by atoms with E-state index < -0.39 is 11.9 Å². The van der Waals surface area contributed by atoms with Crippen LogP contribution in [0.5, 0.6) is 5.75 Å². The number of Topliss-reactive ketones (excluding diaryl/α,β-unsaturated/α-hetero) is 1. The molecule has 124 valence electrons. The van der Waals surface area contributed by atoms with Gasteiger partial charge in [0.15, 0.2) is 5.78 Å². The van der Waals surface area contributed by atoms with Crippen molar-refractivity contribution in [3.63, 3.8) is 0 Å². The standard InChI is InChI=1S/C17H20O5S/c1-10(17(20)21)6-13(19)16-8-12-7-11(4-3-5-18)14(22-2)9-15(12)23-16/h7-10,18H,3-6H2,1-2H3,(H,20,21)/t10-/m0/s1. The Labute approximate surface area is 138 Å². The number of carbonyl (C=O) groups excluding carboxylic acids is 1. The molecular formula is C17H20O5S. The second-order valence-corrected chi connectivity index (χ2v) is 6.59. The summed E-state index contributed by atoms with van der Waals surface area (Å²) in [7, 11) is 1.60. The predicted molar refractivity (Wildman–Crippen MR) is 89.5 cm³/mol. The fourth-order valence-corrected chi connectivity index (χ4v) is 3.40. The minimum Gasteiger partial charge on any atom is -0.496 e. The maximum absolute atomic E-state index is 12.2. The average Bonchev–Trinajstić information content (AvgIpc) is 2.94. The maximum atomic E-state index is 12.2. The second-order valence-electron chi connectivity index (χ2n) is 5.51. The number of rotatable bonds is 8. The average molecular weight is 336 g/mol. The van der Waals surface area contributed by atoms with Gasteiger partial charge in [-0.3, -0.25) is 9.59 Å². The lowest BCUT2D eigenvalue weighted by Gasteiger charge is -2.07. The van der Waals surface area contributed by atoms with Crippen LogP contribution in [0, 0.1) is 5.92 Å². The molecule has 0 amide bonds. The molecule has 0 spiro atoms. The number of fused-ring (bicyclic) bond motifs is 1. The van der Waals surface area contributed by atoms with Crippen molar-refractivity contribution in [1.82, 2.24) is 0 Å². The Morgan fingerprint density at radius 1 is 1.30 bits per heavy atom. The molecule has 2 aromatic rings. The Balaban J connectivity index is 2.30. The molecule has 1 heterocycles. The van der Waals surface area contributed by atoms with Crippen LogP contribution < -0.4 is 4.74 Å². The number of ketones is 1. The first kappa shape index (κ1) is 17.4. The molecule has 0 radical (unpaired) electrons. The smallest absolute Gasteiger partial charge is 0.306 e. The Morgan fingerprint density at radius 2 is 2.04 bits per heavy atom. The van der Waals surface area contributed by atoms with Crippen LogP contribution in [0.25, 0.3) is 10.1 Å². The van der Waals surface area contributed by atoms with Gasteiger partial charge in [0.1, 0.15) is 5.75 Å². The quantitative estimate of drug-likeness (QED) is 0.724. The van der Waals surface area contributed by atoms with E-state index in [1.165, 1.54) is 18.3 Å². The topological polar surface area (TPSA) is 83.8 Å². The van der Waals surface area contributed by atoms with Crippen molar-refractivity contribution in [3.8, 4) is 5.75 Å². The predicted octanol–water partition coefficient (Wildman–Crippen LogP) is 3.13. The van der Waals surface area contributed by atoms with Gasteiger partial charge in [0.25, 0.3) is 0 Å². The summed E-state index contributed by atoms with van der Waals surface area (Å²) in [5.74, 6) is -1.07. The number of aliphatic hydroxyl groups excluding tert-OH is 1. The van der Waals surface area contributed by atoms with E-state index in [1.807, 2.05) is 12.1 Å². The Hall–Kier alpha value is -1.92. The third-order valence-corrected chi connectivity index (χ3v) is 4.85. The molecule has 23 heavy (non-hydrogen) atoms. The first-order valence-electron chi connectivity index (χ1n) is 7.43. The van der Waals surface area contributed by atoms with E-state index in [-0.39, 0.29) is 18.8 Å². The molecule has 0 fully saturated rings. The number of thiophene rings is 1. The number of carboxylic acid groups (broad SMARTS) is 1.